The number of hydrogen-bond donors (Lipinski definition) is 1. The zero-order chi connectivity index (χ0) is 60.5. The number of unbranched alkanes of at least 4 members (excludes halogenated alkanes) is 56. The Morgan fingerprint density at radius 1 is 0.313 bits per heavy atom. The van der Waals surface area contributed by atoms with Crippen molar-refractivity contribution < 1.29 is 42.9 Å². The van der Waals surface area contributed by atoms with Crippen LogP contribution in [0.3, 0.4) is 0 Å². The molecule has 0 aliphatic rings. The Balaban J connectivity index is 4.00. The number of likely N-dealkylation sites (N-methyl/N-ethyl adjacent to an activating group) is 1. The van der Waals surface area contributed by atoms with Gasteiger partial charge in [0, 0.05) is 12.8 Å². The summed E-state index contributed by atoms with van der Waals surface area (Å²) in [5.74, 6) is -1.96. The van der Waals surface area contributed by atoms with Crippen molar-refractivity contribution in [3.05, 3.63) is 0 Å². The molecule has 2 unspecified atom stereocenters. The molecule has 0 fully saturated rings. The third kappa shape index (κ3) is 67.7. The van der Waals surface area contributed by atoms with Gasteiger partial charge in [-0.05, 0) is 12.8 Å². The molecule has 9 nitrogen and oxygen atoms in total. The Bertz CT molecular complexity index is 1320. The number of rotatable bonds is 71. The van der Waals surface area contributed by atoms with Gasteiger partial charge in [-0.15, -0.1) is 0 Å². The molecule has 1 N–H and O–H groups in total. The van der Waals surface area contributed by atoms with Gasteiger partial charge in [-0.1, -0.05) is 373 Å². The number of carbonyl (C=O) groups excluding carboxylic acids is 2. The number of aliphatic carboxylic acids is 1. The highest BCUT2D eigenvalue weighted by atomic mass is 16.7. The standard InChI is InChI=1S/C74H145NO8/c1-6-8-10-12-14-16-18-20-22-24-26-28-30-32-34-36-38-40-42-44-46-48-50-52-54-56-58-60-62-64-71(76)81-68-70(69-82-74(73(78)79)80-67-66-75(3,4)5)83-72(77)65-63-61-59-57-55-53-51-49-47-45-43-41-39-37-35-33-31-29-27-25-23-21-19-17-15-13-11-9-7-2/h70,74H,6-69H2,1-5H3/p+1. The monoisotopic (exact) mass is 1180 g/mol. The summed E-state index contributed by atoms with van der Waals surface area (Å²) in [5, 5.41) is 9.75. The number of hydrogen-bond acceptors (Lipinski definition) is 7. The molecule has 0 amide bonds. The lowest BCUT2D eigenvalue weighted by molar-refractivity contribution is -0.870. The highest BCUT2D eigenvalue weighted by Crippen LogP contribution is 2.20. The van der Waals surface area contributed by atoms with Crippen molar-refractivity contribution in [1.82, 2.24) is 0 Å². The van der Waals surface area contributed by atoms with Crippen LogP contribution in [0, 0.1) is 0 Å². The van der Waals surface area contributed by atoms with Gasteiger partial charge in [-0.3, -0.25) is 9.59 Å². The quantitative estimate of drug-likeness (QED) is 0.0278. The van der Waals surface area contributed by atoms with Crippen LogP contribution in [0.15, 0.2) is 0 Å². The highest BCUT2D eigenvalue weighted by Gasteiger charge is 2.25. The molecule has 0 aromatic heterocycles. The third-order valence-corrected chi connectivity index (χ3v) is 17.4. The van der Waals surface area contributed by atoms with Gasteiger partial charge in [-0.2, -0.15) is 0 Å². The maximum Gasteiger partial charge on any atom is 0.361 e. The molecule has 0 saturated carbocycles. The number of ether oxygens (including phenoxy) is 4. The van der Waals surface area contributed by atoms with E-state index in [1.807, 2.05) is 21.1 Å². The second-order valence-corrected chi connectivity index (χ2v) is 27.0. The highest BCUT2D eigenvalue weighted by molar-refractivity contribution is 5.71. The Hall–Kier alpha value is -1.71. The van der Waals surface area contributed by atoms with Crippen LogP contribution in [-0.4, -0.2) is 87.4 Å². The van der Waals surface area contributed by atoms with E-state index in [1.54, 1.807) is 0 Å². The largest absolute Gasteiger partial charge is 0.477 e. The van der Waals surface area contributed by atoms with Gasteiger partial charge in [0.2, 0.25) is 0 Å². The second kappa shape index (κ2) is 66.2. The van der Waals surface area contributed by atoms with Crippen molar-refractivity contribution in [2.45, 2.75) is 411 Å². The number of carboxylic acid groups (broad SMARTS) is 1. The zero-order valence-corrected chi connectivity index (χ0v) is 56.7. The van der Waals surface area contributed by atoms with Crippen molar-refractivity contribution >= 4 is 17.9 Å². The van der Waals surface area contributed by atoms with E-state index in [4.69, 9.17) is 18.9 Å². The van der Waals surface area contributed by atoms with Crippen LogP contribution in [0.2, 0.25) is 0 Å². The first-order chi connectivity index (χ1) is 40.6. The molecule has 9 heteroatoms. The molecule has 494 valence electrons. The summed E-state index contributed by atoms with van der Waals surface area (Å²) in [5.41, 5.74) is 0. The number of esters is 2. The smallest absolute Gasteiger partial charge is 0.361 e. The van der Waals surface area contributed by atoms with E-state index in [1.165, 1.54) is 334 Å². The minimum atomic E-state index is -1.50. The van der Waals surface area contributed by atoms with Gasteiger partial charge in [-0.25, -0.2) is 4.79 Å². The summed E-state index contributed by atoms with van der Waals surface area (Å²) in [7, 11) is 6.00. The minimum Gasteiger partial charge on any atom is -0.477 e. The predicted molar refractivity (Wildman–Crippen MR) is 355 cm³/mol. The normalized spacial score (nSPS) is 12.5. The molecular weight excluding hydrogens is 1030 g/mol. The van der Waals surface area contributed by atoms with Crippen LogP contribution in [0.25, 0.3) is 0 Å². The van der Waals surface area contributed by atoms with Gasteiger partial charge in [0.15, 0.2) is 6.10 Å². The van der Waals surface area contributed by atoms with Gasteiger partial charge in [0.25, 0.3) is 6.29 Å². The molecule has 0 saturated heterocycles. The average Bonchev–Trinajstić information content (AvgIpc) is 3.47. The van der Waals surface area contributed by atoms with E-state index < -0.39 is 18.4 Å². The summed E-state index contributed by atoms with van der Waals surface area (Å²) < 4.78 is 23.0. The number of carboxylic acids is 1. The molecule has 0 aromatic carbocycles. The molecule has 0 spiro atoms. The molecule has 0 radical (unpaired) electrons. The van der Waals surface area contributed by atoms with E-state index in [2.05, 4.69) is 13.8 Å². The summed E-state index contributed by atoms with van der Waals surface area (Å²) in [6, 6.07) is 0. The summed E-state index contributed by atoms with van der Waals surface area (Å²) in [4.78, 5) is 37.7. The summed E-state index contributed by atoms with van der Waals surface area (Å²) in [6.07, 6.45) is 76.7. The zero-order valence-electron chi connectivity index (χ0n) is 56.7. The average molecular weight is 1180 g/mol. The van der Waals surface area contributed by atoms with E-state index in [-0.39, 0.29) is 38.2 Å². The molecule has 0 aromatic rings. The van der Waals surface area contributed by atoms with Crippen molar-refractivity contribution in [2.24, 2.45) is 0 Å². The van der Waals surface area contributed by atoms with E-state index in [9.17, 15) is 19.5 Å². The lowest BCUT2D eigenvalue weighted by atomic mass is 10.0. The Morgan fingerprint density at radius 3 is 0.771 bits per heavy atom. The van der Waals surface area contributed by atoms with E-state index in [0.29, 0.717) is 17.4 Å². The molecular formula is C74H146NO8+. The van der Waals surface area contributed by atoms with Gasteiger partial charge in [0.1, 0.15) is 13.2 Å². The molecule has 0 bridgehead atoms. The first kappa shape index (κ1) is 81.3. The van der Waals surface area contributed by atoms with Crippen LogP contribution in [-0.2, 0) is 33.3 Å². The van der Waals surface area contributed by atoms with Crippen molar-refractivity contribution in [2.75, 3.05) is 47.5 Å². The van der Waals surface area contributed by atoms with Gasteiger partial charge in [0.05, 0.1) is 34.4 Å². The first-order valence-electron chi connectivity index (χ1n) is 37.2. The molecule has 0 aliphatic carbocycles. The molecule has 83 heavy (non-hydrogen) atoms. The maximum absolute atomic E-state index is 13.0. The van der Waals surface area contributed by atoms with Crippen molar-refractivity contribution in [1.29, 1.82) is 0 Å². The van der Waals surface area contributed by atoms with Crippen molar-refractivity contribution in [3.8, 4) is 0 Å². The van der Waals surface area contributed by atoms with E-state index >= 15 is 0 Å². The van der Waals surface area contributed by atoms with Crippen molar-refractivity contribution in [3.63, 3.8) is 0 Å². The Labute approximate surface area is 517 Å². The van der Waals surface area contributed by atoms with Crippen LogP contribution < -0.4 is 0 Å². The number of nitrogens with zero attached hydrogens (tertiary/aromatic N) is 1. The Kier molecular flexibility index (Phi) is 64.9. The minimum absolute atomic E-state index is 0.172. The molecule has 0 aliphatic heterocycles. The van der Waals surface area contributed by atoms with Gasteiger partial charge < -0.3 is 28.5 Å². The van der Waals surface area contributed by atoms with Crippen LogP contribution in [0.5, 0.6) is 0 Å². The lowest BCUT2D eigenvalue weighted by Gasteiger charge is -2.25. The fourth-order valence-electron chi connectivity index (χ4n) is 11.7. The van der Waals surface area contributed by atoms with Gasteiger partial charge >= 0.3 is 17.9 Å². The predicted octanol–water partition coefficient (Wildman–Crippen LogP) is 23.0. The third-order valence-electron chi connectivity index (χ3n) is 17.4. The summed E-state index contributed by atoms with van der Waals surface area (Å²) >= 11 is 0. The van der Waals surface area contributed by atoms with E-state index in [0.717, 1.165) is 38.5 Å². The first-order valence-corrected chi connectivity index (χ1v) is 37.2. The second-order valence-electron chi connectivity index (χ2n) is 27.0. The topological polar surface area (TPSA) is 108 Å². The maximum atomic E-state index is 13.0. The van der Waals surface area contributed by atoms with Crippen LogP contribution in [0.1, 0.15) is 399 Å². The lowest BCUT2D eigenvalue weighted by Crippen LogP contribution is -2.40. The number of quaternary nitrogens is 1. The Morgan fingerprint density at radius 2 is 0.542 bits per heavy atom. The number of carbonyl (C=O) groups is 3. The molecule has 0 rings (SSSR count). The fourth-order valence-corrected chi connectivity index (χ4v) is 11.7. The molecule has 0 heterocycles. The van der Waals surface area contributed by atoms with Crippen LogP contribution in [0.4, 0.5) is 0 Å². The summed E-state index contributed by atoms with van der Waals surface area (Å²) in [6.45, 7) is 4.98. The van der Waals surface area contributed by atoms with Crippen LogP contribution >= 0.6 is 0 Å². The SMILES string of the molecule is CCCCCCCCCCCCCCCCCCCCCCCCCCCCCCCC(=O)OCC(COC(OCC[N+](C)(C)C)C(=O)O)OC(=O)CCCCCCCCCCCCCCCCCCCCCCCCCCCCCCC. The fraction of sp³-hybridized carbons (Fsp3) is 0.959. The molecule has 2 atom stereocenters.